The first-order valence-corrected chi connectivity index (χ1v) is 3.24. The molecule has 0 radical (unpaired) electrons. The Morgan fingerprint density at radius 1 is 1.45 bits per heavy atom. The number of anilines is 1. The fraction of sp³-hybridized carbons (Fsp3) is 0.250. The number of methoxy groups -OCH3 is 1. The lowest BCUT2D eigenvalue weighted by atomic mass is 10.2. The number of nitrogens with two attached hydrogens (primary N) is 1. The van der Waals surface area contributed by atoms with E-state index in [0.717, 1.165) is 0 Å². The number of halogens is 1. The fourth-order valence-corrected chi connectivity index (χ4v) is 1.02. The summed E-state index contributed by atoms with van der Waals surface area (Å²) in [7, 11) is 1.43. The lowest BCUT2D eigenvalue weighted by Crippen LogP contribution is -1.94. The Hall–Kier alpha value is -1.25. The van der Waals surface area contributed by atoms with Gasteiger partial charge in [0.1, 0.15) is 0 Å². The third-order valence-corrected chi connectivity index (χ3v) is 1.46. The van der Waals surface area contributed by atoms with Gasteiger partial charge in [-0.2, -0.15) is 0 Å². The van der Waals surface area contributed by atoms with Crippen LogP contribution in [0.3, 0.4) is 0 Å². The molecule has 0 bridgehead atoms. The van der Waals surface area contributed by atoms with E-state index in [1.807, 2.05) is 0 Å². The second-order valence-corrected chi connectivity index (χ2v) is 2.35. The van der Waals surface area contributed by atoms with E-state index >= 15 is 0 Å². The minimum atomic E-state index is -0.412. The Morgan fingerprint density at radius 3 is 2.55 bits per heavy atom. The number of ether oxygens (including phenoxy) is 1. The molecule has 11 heavy (non-hydrogen) atoms. The van der Waals surface area contributed by atoms with Crippen LogP contribution in [0, 0.1) is 12.7 Å². The fourth-order valence-electron chi connectivity index (χ4n) is 1.02. The molecule has 2 nitrogen and oxygen atoms in total. The summed E-state index contributed by atoms with van der Waals surface area (Å²) < 4.78 is 17.7. The largest absolute Gasteiger partial charge is 0.493 e. The minimum Gasteiger partial charge on any atom is -0.493 e. The van der Waals surface area contributed by atoms with Crippen LogP contribution in [0.15, 0.2) is 12.1 Å². The Morgan fingerprint density at radius 2 is 2.09 bits per heavy atom. The maximum atomic E-state index is 12.9. The van der Waals surface area contributed by atoms with E-state index in [1.54, 1.807) is 13.0 Å². The van der Waals surface area contributed by atoms with Crippen molar-refractivity contribution in [2.45, 2.75) is 6.92 Å². The molecule has 0 aliphatic heterocycles. The van der Waals surface area contributed by atoms with Crippen LogP contribution in [-0.2, 0) is 0 Å². The summed E-state index contributed by atoms with van der Waals surface area (Å²) in [4.78, 5) is 0. The lowest BCUT2D eigenvalue weighted by Gasteiger charge is -2.05. The Kier molecular flexibility index (Phi) is 1.98. The summed E-state index contributed by atoms with van der Waals surface area (Å²) in [6.07, 6.45) is 0. The second-order valence-electron chi connectivity index (χ2n) is 2.35. The molecule has 0 heterocycles. The van der Waals surface area contributed by atoms with Gasteiger partial charge in [-0.15, -0.1) is 0 Å². The van der Waals surface area contributed by atoms with Gasteiger partial charge < -0.3 is 10.5 Å². The molecule has 2 N–H and O–H groups in total. The van der Waals surface area contributed by atoms with Crippen molar-refractivity contribution < 1.29 is 9.13 Å². The zero-order chi connectivity index (χ0) is 8.43. The molecule has 1 aromatic carbocycles. The normalized spacial score (nSPS) is 9.73. The Labute approximate surface area is 64.8 Å². The third kappa shape index (κ3) is 1.42. The molecule has 0 amide bonds. The Balaban J connectivity index is 3.25. The molecule has 0 fully saturated rings. The second kappa shape index (κ2) is 2.78. The highest BCUT2D eigenvalue weighted by atomic mass is 19.1. The van der Waals surface area contributed by atoms with E-state index in [9.17, 15) is 4.39 Å². The predicted molar refractivity (Wildman–Crippen MR) is 42.1 cm³/mol. The molecule has 60 valence electrons. The van der Waals surface area contributed by atoms with E-state index in [-0.39, 0.29) is 5.75 Å². The quantitative estimate of drug-likeness (QED) is 0.627. The van der Waals surface area contributed by atoms with Crippen molar-refractivity contribution in [3.8, 4) is 5.75 Å². The first-order chi connectivity index (χ1) is 5.15. The van der Waals surface area contributed by atoms with Crippen LogP contribution in [0.5, 0.6) is 5.75 Å². The van der Waals surface area contributed by atoms with Gasteiger partial charge >= 0.3 is 0 Å². The Bertz CT molecular complexity index is 250. The van der Waals surface area contributed by atoms with Gasteiger partial charge in [-0.25, -0.2) is 4.39 Å². The molecule has 0 aliphatic carbocycles. The summed E-state index contributed by atoms with van der Waals surface area (Å²) in [5.74, 6) is -0.149. The highest BCUT2D eigenvalue weighted by molar-refractivity contribution is 5.48. The summed E-state index contributed by atoms with van der Waals surface area (Å²) in [5.41, 5.74) is 6.52. The van der Waals surface area contributed by atoms with Crippen molar-refractivity contribution in [2.24, 2.45) is 0 Å². The summed E-state index contributed by atoms with van der Waals surface area (Å²) >= 11 is 0. The van der Waals surface area contributed by atoms with Crippen LogP contribution in [0.1, 0.15) is 5.56 Å². The van der Waals surface area contributed by atoms with Crippen molar-refractivity contribution in [2.75, 3.05) is 12.8 Å². The molecule has 3 heteroatoms. The summed E-state index contributed by atoms with van der Waals surface area (Å²) in [5, 5.41) is 0. The number of aryl methyl sites for hydroxylation is 1. The van der Waals surface area contributed by atoms with Crippen LogP contribution < -0.4 is 10.5 Å². The van der Waals surface area contributed by atoms with E-state index in [4.69, 9.17) is 10.5 Å². The van der Waals surface area contributed by atoms with Gasteiger partial charge in [0.2, 0.25) is 0 Å². The molecule has 1 rings (SSSR count). The van der Waals surface area contributed by atoms with E-state index in [2.05, 4.69) is 0 Å². The summed E-state index contributed by atoms with van der Waals surface area (Å²) in [6.45, 7) is 1.75. The third-order valence-electron chi connectivity index (χ3n) is 1.46. The van der Waals surface area contributed by atoms with Crippen molar-refractivity contribution in [1.82, 2.24) is 0 Å². The van der Waals surface area contributed by atoms with E-state index in [1.165, 1.54) is 13.2 Å². The average Bonchev–Trinajstić information content (AvgIpc) is 1.85. The van der Waals surface area contributed by atoms with E-state index < -0.39 is 5.82 Å². The SMILES string of the molecule is COc1c(C)cc(N)cc1F. The van der Waals surface area contributed by atoms with Gasteiger partial charge in [0.05, 0.1) is 7.11 Å². The molecular formula is C8H10FNO. The molecule has 0 atom stereocenters. The standard InChI is InChI=1S/C8H10FNO/c1-5-3-6(10)4-7(9)8(5)11-2/h3-4H,10H2,1-2H3. The minimum absolute atomic E-state index is 0.263. The van der Waals surface area contributed by atoms with Gasteiger partial charge in [-0.1, -0.05) is 0 Å². The average molecular weight is 155 g/mol. The number of hydrogen-bond donors (Lipinski definition) is 1. The number of hydrogen-bond acceptors (Lipinski definition) is 2. The van der Waals surface area contributed by atoms with Crippen LogP contribution in [0.25, 0.3) is 0 Å². The van der Waals surface area contributed by atoms with Crippen LogP contribution in [-0.4, -0.2) is 7.11 Å². The van der Waals surface area contributed by atoms with Crippen molar-refractivity contribution >= 4 is 5.69 Å². The van der Waals surface area contributed by atoms with Crippen LogP contribution in [0.2, 0.25) is 0 Å². The van der Waals surface area contributed by atoms with Gasteiger partial charge in [0.15, 0.2) is 11.6 Å². The molecular weight excluding hydrogens is 145 g/mol. The molecule has 0 aromatic heterocycles. The number of nitrogen functional groups attached to an aromatic ring is 1. The molecule has 0 spiro atoms. The van der Waals surface area contributed by atoms with Crippen molar-refractivity contribution in [1.29, 1.82) is 0 Å². The lowest BCUT2D eigenvalue weighted by molar-refractivity contribution is 0.383. The molecule has 1 aromatic rings. The highest BCUT2D eigenvalue weighted by Gasteiger charge is 2.05. The highest BCUT2D eigenvalue weighted by Crippen LogP contribution is 2.24. The topological polar surface area (TPSA) is 35.2 Å². The summed E-state index contributed by atoms with van der Waals surface area (Å²) in [6, 6.07) is 2.91. The van der Waals surface area contributed by atoms with E-state index in [0.29, 0.717) is 11.3 Å². The van der Waals surface area contributed by atoms with Gasteiger partial charge in [-0.3, -0.25) is 0 Å². The number of benzene rings is 1. The monoisotopic (exact) mass is 155 g/mol. The maximum absolute atomic E-state index is 12.9. The predicted octanol–water partition coefficient (Wildman–Crippen LogP) is 1.72. The number of rotatable bonds is 1. The van der Waals surface area contributed by atoms with Crippen molar-refractivity contribution in [3.05, 3.63) is 23.5 Å². The van der Waals surface area contributed by atoms with Gasteiger partial charge in [-0.05, 0) is 18.6 Å². The molecule has 0 aliphatic rings. The van der Waals surface area contributed by atoms with Crippen LogP contribution in [0.4, 0.5) is 10.1 Å². The zero-order valence-corrected chi connectivity index (χ0v) is 6.52. The molecule has 0 saturated carbocycles. The smallest absolute Gasteiger partial charge is 0.167 e. The first-order valence-electron chi connectivity index (χ1n) is 3.24. The maximum Gasteiger partial charge on any atom is 0.167 e. The van der Waals surface area contributed by atoms with Gasteiger partial charge in [0.25, 0.3) is 0 Å². The van der Waals surface area contributed by atoms with Gasteiger partial charge in [0, 0.05) is 11.8 Å². The first kappa shape index (κ1) is 7.85. The zero-order valence-electron chi connectivity index (χ0n) is 6.52. The molecule has 0 saturated heterocycles. The van der Waals surface area contributed by atoms with Crippen LogP contribution >= 0.6 is 0 Å². The molecule has 0 unspecified atom stereocenters. The van der Waals surface area contributed by atoms with Crippen molar-refractivity contribution in [3.63, 3.8) is 0 Å².